The van der Waals surface area contributed by atoms with Crippen LogP contribution < -0.4 is 0 Å². The van der Waals surface area contributed by atoms with Crippen molar-refractivity contribution in [1.82, 2.24) is 24.9 Å². The molecule has 0 saturated heterocycles. The van der Waals surface area contributed by atoms with Gasteiger partial charge in [0.15, 0.2) is 28.9 Å². The molecule has 0 saturated carbocycles. The zero-order valence-electron chi connectivity index (χ0n) is 36.7. The maximum Gasteiger partial charge on any atom is 0.180 e. The Morgan fingerprint density at radius 1 is 0.309 bits per heavy atom. The molecule has 9 aromatic carbocycles. The zero-order chi connectivity index (χ0) is 45.0. The molecule has 0 N–H and O–H groups in total. The Hall–Kier alpha value is -9.13. The van der Waals surface area contributed by atoms with Crippen LogP contribution in [0.2, 0.25) is 0 Å². The maximum atomic E-state index is 6.62. The fraction of sp³-hybridized carbons (Fsp3) is 0.0161. The molecule has 0 unspecified atom stereocenters. The van der Waals surface area contributed by atoms with Crippen LogP contribution in [0.4, 0.5) is 0 Å². The van der Waals surface area contributed by atoms with Crippen LogP contribution in [0.25, 0.3) is 101 Å². The second-order valence-electron chi connectivity index (χ2n) is 17.1. The van der Waals surface area contributed by atoms with Crippen molar-refractivity contribution in [2.75, 3.05) is 0 Å². The van der Waals surface area contributed by atoms with E-state index in [9.17, 15) is 0 Å². The number of nitrogens with zero attached hydrogens (tertiary/aromatic N) is 5. The molecular weight excluding hydrogens is 831 g/mol. The van der Waals surface area contributed by atoms with Gasteiger partial charge in [0.1, 0.15) is 16.8 Å². The molecule has 3 heterocycles. The summed E-state index contributed by atoms with van der Waals surface area (Å²) in [6.07, 6.45) is 0. The molecule has 0 atom stereocenters. The van der Waals surface area contributed by atoms with E-state index in [1.54, 1.807) is 0 Å². The van der Waals surface area contributed by atoms with Gasteiger partial charge in [-0.3, -0.25) is 0 Å². The number of rotatable bonds is 8. The van der Waals surface area contributed by atoms with Crippen LogP contribution in [0.1, 0.15) is 22.3 Å². The molecule has 12 aromatic rings. The van der Waals surface area contributed by atoms with Gasteiger partial charge < -0.3 is 4.42 Å². The molecule has 13 rings (SSSR count). The Morgan fingerprint density at radius 3 is 1.44 bits per heavy atom. The Morgan fingerprint density at radius 2 is 0.779 bits per heavy atom. The summed E-state index contributed by atoms with van der Waals surface area (Å²) in [5.41, 5.74) is 15.5. The maximum absolute atomic E-state index is 6.62. The molecule has 3 aromatic heterocycles. The fourth-order valence-corrected chi connectivity index (χ4v) is 10.1. The van der Waals surface area contributed by atoms with Gasteiger partial charge in [0.2, 0.25) is 0 Å². The van der Waals surface area contributed by atoms with Crippen LogP contribution >= 0.6 is 0 Å². The third-order valence-electron chi connectivity index (χ3n) is 13.3. The lowest BCUT2D eigenvalue weighted by atomic mass is 9.67. The van der Waals surface area contributed by atoms with E-state index in [-0.39, 0.29) is 0 Å². The van der Waals surface area contributed by atoms with Crippen molar-refractivity contribution in [1.29, 1.82) is 0 Å². The summed E-state index contributed by atoms with van der Waals surface area (Å²) in [6.45, 7) is 0. The summed E-state index contributed by atoms with van der Waals surface area (Å²) in [7, 11) is 0. The lowest BCUT2D eigenvalue weighted by Crippen LogP contribution is -2.28. The van der Waals surface area contributed by atoms with E-state index >= 15 is 0 Å². The van der Waals surface area contributed by atoms with Gasteiger partial charge in [0.05, 0.1) is 5.41 Å². The summed E-state index contributed by atoms with van der Waals surface area (Å²) in [5.74, 6) is 2.16. The van der Waals surface area contributed by atoms with Gasteiger partial charge in [-0.1, -0.05) is 212 Å². The predicted molar refractivity (Wildman–Crippen MR) is 273 cm³/mol. The van der Waals surface area contributed by atoms with Crippen LogP contribution in [0.15, 0.2) is 241 Å². The molecule has 6 heteroatoms. The van der Waals surface area contributed by atoms with Gasteiger partial charge in [0, 0.05) is 33.2 Å². The molecule has 0 bridgehead atoms. The van der Waals surface area contributed by atoms with E-state index in [0.29, 0.717) is 34.6 Å². The van der Waals surface area contributed by atoms with E-state index in [0.717, 1.165) is 83.2 Å². The largest absolute Gasteiger partial charge is 0.452 e. The number of aromatic nitrogens is 5. The number of benzene rings is 9. The minimum atomic E-state index is -0.684. The molecule has 0 spiro atoms. The van der Waals surface area contributed by atoms with Gasteiger partial charge in [0.25, 0.3) is 0 Å². The first-order chi connectivity index (χ1) is 33.7. The fourth-order valence-electron chi connectivity index (χ4n) is 10.1. The first kappa shape index (κ1) is 39.3. The molecule has 1 aliphatic carbocycles. The highest BCUT2D eigenvalue weighted by Crippen LogP contribution is 2.58. The van der Waals surface area contributed by atoms with Crippen molar-refractivity contribution in [3.63, 3.8) is 0 Å². The van der Waals surface area contributed by atoms with Gasteiger partial charge in [-0.15, -0.1) is 0 Å². The molecule has 68 heavy (non-hydrogen) atoms. The second kappa shape index (κ2) is 16.1. The van der Waals surface area contributed by atoms with Crippen molar-refractivity contribution in [2.45, 2.75) is 5.41 Å². The van der Waals surface area contributed by atoms with E-state index < -0.39 is 5.41 Å². The number of fused-ring (bicyclic) bond motifs is 6. The molecule has 318 valence electrons. The Bertz CT molecular complexity index is 3780. The molecule has 0 amide bonds. The number of para-hydroxylation sites is 1. The minimum Gasteiger partial charge on any atom is -0.452 e. The molecule has 0 aliphatic heterocycles. The number of hydrogen-bond acceptors (Lipinski definition) is 6. The van der Waals surface area contributed by atoms with Crippen molar-refractivity contribution in [2.24, 2.45) is 0 Å². The quantitative estimate of drug-likeness (QED) is 0.151. The van der Waals surface area contributed by atoms with Crippen molar-refractivity contribution in [3.05, 3.63) is 259 Å². The summed E-state index contributed by atoms with van der Waals surface area (Å²) in [6, 6.07) is 82.3. The monoisotopic (exact) mass is 869 g/mol. The van der Waals surface area contributed by atoms with E-state index in [1.165, 1.54) is 5.56 Å². The van der Waals surface area contributed by atoms with Gasteiger partial charge in [-0.25, -0.2) is 24.9 Å². The van der Waals surface area contributed by atoms with Gasteiger partial charge in [-0.05, 0) is 68.8 Å². The zero-order valence-corrected chi connectivity index (χ0v) is 36.7. The molecule has 0 fully saturated rings. The van der Waals surface area contributed by atoms with Crippen LogP contribution in [-0.2, 0) is 5.41 Å². The highest BCUT2D eigenvalue weighted by Gasteiger charge is 2.47. The first-order valence-corrected chi connectivity index (χ1v) is 22.8. The Balaban J connectivity index is 1.14. The first-order valence-electron chi connectivity index (χ1n) is 22.8. The lowest BCUT2D eigenvalue weighted by molar-refractivity contribution is 0.667. The third kappa shape index (κ3) is 6.38. The lowest BCUT2D eigenvalue weighted by Gasteiger charge is -2.34. The van der Waals surface area contributed by atoms with Crippen LogP contribution in [0, 0.1) is 0 Å². The smallest absolute Gasteiger partial charge is 0.180 e. The summed E-state index contributed by atoms with van der Waals surface area (Å²) < 4.78 is 6.62. The minimum absolute atomic E-state index is 0.509. The molecule has 1 aliphatic rings. The summed E-state index contributed by atoms with van der Waals surface area (Å²) in [4.78, 5) is 27.0. The molecule has 6 nitrogen and oxygen atoms in total. The molecule has 0 radical (unpaired) electrons. The average molecular weight is 870 g/mol. The normalized spacial score (nSPS) is 12.5. The third-order valence-corrected chi connectivity index (χ3v) is 13.3. The Kier molecular flexibility index (Phi) is 9.29. The summed E-state index contributed by atoms with van der Waals surface area (Å²) >= 11 is 0. The van der Waals surface area contributed by atoms with Gasteiger partial charge in [-0.2, -0.15) is 0 Å². The number of hydrogen-bond donors (Lipinski definition) is 0. The number of furan rings is 1. The second-order valence-corrected chi connectivity index (χ2v) is 17.1. The summed E-state index contributed by atoms with van der Waals surface area (Å²) in [5, 5.41) is 0.911. The highest BCUT2D eigenvalue weighted by atomic mass is 16.3. The average Bonchev–Trinajstić information content (AvgIpc) is 3.95. The van der Waals surface area contributed by atoms with Crippen molar-refractivity contribution in [3.8, 4) is 79.1 Å². The van der Waals surface area contributed by atoms with E-state index in [2.05, 4.69) is 164 Å². The highest BCUT2D eigenvalue weighted by molar-refractivity contribution is 6.07. The predicted octanol–water partition coefficient (Wildman–Crippen LogP) is 14.9. The van der Waals surface area contributed by atoms with Crippen molar-refractivity contribution < 1.29 is 4.42 Å². The Labute approximate surface area is 393 Å². The van der Waals surface area contributed by atoms with E-state index in [4.69, 9.17) is 29.3 Å². The SMILES string of the molecule is c1ccc(-c2ccc(-c3nc(-c4ccccc4)nc(-c4cc5c(cc4-c4nc(-c6ccccc6)c6oc7ccccc7c6n4)C(c4ccccc4)(c4ccccc4)c4ccccc4-5)n3)cc2)cc1. The molecular formula is C62H39N5O. The van der Waals surface area contributed by atoms with E-state index in [1.807, 2.05) is 72.8 Å². The van der Waals surface area contributed by atoms with Crippen LogP contribution in [0.3, 0.4) is 0 Å². The standard InChI is InChI=1S/C62H39N5O/c1-6-20-40(21-7-1)41-34-36-44(37-35-41)59-65-58(43-24-10-3-11-25-43)66-61(67-59)50-38-49-47-30-16-18-32-52(47)62(45-26-12-4-13-27-45,46-28-14-5-15-29-46)53(49)39-51(50)60-63-55(42-22-8-2-9-23-42)57-56(64-60)48-31-17-19-33-54(48)68-57/h1-39H. The van der Waals surface area contributed by atoms with Crippen molar-refractivity contribution >= 4 is 22.1 Å². The van der Waals surface area contributed by atoms with Crippen LogP contribution in [0.5, 0.6) is 0 Å². The van der Waals surface area contributed by atoms with Crippen LogP contribution in [-0.4, -0.2) is 24.9 Å². The topological polar surface area (TPSA) is 77.6 Å². The van der Waals surface area contributed by atoms with Gasteiger partial charge >= 0.3 is 0 Å².